The van der Waals surface area contributed by atoms with E-state index >= 15 is 14.4 Å². The highest BCUT2D eigenvalue weighted by molar-refractivity contribution is 6.02. The average molecular weight is 2070 g/mol. The predicted molar refractivity (Wildman–Crippen MR) is 533 cm³/mol. The molecule has 2 saturated heterocycles. The van der Waals surface area contributed by atoms with Crippen LogP contribution >= 0.6 is 0 Å². The Kier molecular flexibility index (Phi) is 53.3. The van der Waals surface area contributed by atoms with Crippen LogP contribution in [0.5, 0.6) is 11.5 Å². The van der Waals surface area contributed by atoms with Gasteiger partial charge in [-0.1, -0.05) is 58.9 Å². The lowest BCUT2D eigenvalue weighted by molar-refractivity contribution is -0.148. The van der Waals surface area contributed by atoms with Gasteiger partial charge in [0.15, 0.2) is 11.9 Å². The number of carbonyl (C=O) groups is 19. The van der Waals surface area contributed by atoms with E-state index in [1.807, 2.05) is 0 Å². The molecule has 0 radical (unpaired) electrons. The first-order chi connectivity index (χ1) is 69.6. The van der Waals surface area contributed by atoms with Crippen LogP contribution in [0.2, 0.25) is 0 Å². The maximum Gasteiger partial charge on any atom is 0.305 e. The second-order valence-electron chi connectivity index (χ2n) is 37.3. The van der Waals surface area contributed by atoms with Crippen molar-refractivity contribution in [2.24, 2.45) is 52.0 Å². The number of aliphatic hydroxyl groups is 2. The minimum Gasteiger partial charge on any atom is -0.508 e. The number of phenols is 2. The molecule has 2 aliphatic heterocycles. The summed E-state index contributed by atoms with van der Waals surface area (Å²) in [4.78, 5) is 278. The number of imidazole rings is 1. The van der Waals surface area contributed by atoms with Crippen molar-refractivity contribution in [1.82, 2.24) is 105 Å². The number of aromatic nitrogens is 2. The van der Waals surface area contributed by atoms with Crippen LogP contribution in [-0.4, -0.2) is 325 Å². The Balaban J connectivity index is 1.40. The fourth-order valence-electron chi connectivity index (χ4n) is 16.4. The molecule has 0 bridgehead atoms. The van der Waals surface area contributed by atoms with Gasteiger partial charge in [-0.05, 0) is 189 Å². The minimum absolute atomic E-state index is 0.0161. The molecular formula is C94H151N29O24. The molecule has 53 nitrogen and oxygen atoms in total. The SMILES string of the molecule is CCC(=O)NCC(=O)N[C@@H](Cc1ccc(O)cc1)C(=O)N[C@@H](CCC(N)=O)C(=O)N[C@@H](CCCCN)C(=O)N[C@@H](CCCCN)C(=O)N[C@@H](CC(C)C)C(=O)N[C@@H](CCCNC(=N)N)C(=O)N1CCC[C@H]1C(=O)N1CC(O)C[C@H]1C(=O)N[C@@H](Cc1c[nH]cn1)C(=O)N[C@H](C(=O)N[C@@H](CC(=O)O)C(=O)N[C@@H](CCCCN)C(=O)N[C@@H](Cc1ccc(O)cc1)C(=O)N[C@@H](CCCNC(=N)N)C(=O)N[C@@H](CC(C)C)C(N)=O)[C@@H](C)O. The highest BCUT2D eigenvalue weighted by atomic mass is 16.4. The van der Waals surface area contributed by atoms with E-state index in [-0.39, 0.29) is 184 Å². The van der Waals surface area contributed by atoms with Crippen LogP contribution in [0.4, 0.5) is 0 Å². The first kappa shape index (κ1) is 123. The summed E-state index contributed by atoms with van der Waals surface area (Å²) in [5.41, 5.74) is 40.8. The number of benzene rings is 2. The fourth-order valence-corrected chi connectivity index (χ4v) is 16.4. The average Bonchev–Trinajstić information content (AvgIpc) is 1.65. The lowest BCUT2D eigenvalue weighted by Crippen LogP contribution is -2.62. The molecule has 2 fully saturated rings. The summed E-state index contributed by atoms with van der Waals surface area (Å²) in [6.45, 7) is 8.89. The molecule has 1 aromatic heterocycles. The molecule has 2 aromatic carbocycles. The van der Waals surface area contributed by atoms with Crippen molar-refractivity contribution >= 4 is 124 Å². The van der Waals surface area contributed by atoms with E-state index in [0.29, 0.717) is 24.0 Å². The van der Waals surface area contributed by atoms with Crippen LogP contribution in [0, 0.1) is 22.7 Å². The summed E-state index contributed by atoms with van der Waals surface area (Å²) in [6.07, 6.45) is -3.21. The number of nitrogens with zero attached hydrogens (tertiary/aromatic N) is 3. The first-order valence-corrected chi connectivity index (χ1v) is 49.4. The number of amides is 18. The molecule has 0 aliphatic carbocycles. The molecule has 17 atom stereocenters. The molecule has 3 heterocycles. The lowest BCUT2D eigenvalue weighted by Gasteiger charge is -2.34. The van der Waals surface area contributed by atoms with Gasteiger partial charge in [-0.25, -0.2) is 4.98 Å². The smallest absolute Gasteiger partial charge is 0.305 e. The van der Waals surface area contributed by atoms with Crippen molar-refractivity contribution in [3.63, 3.8) is 0 Å². The zero-order valence-corrected chi connectivity index (χ0v) is 84.0. The zero-order valence-electron chi connectivity index (χ0n) is 84.0. The molecule has 38 N–H and O–H groups in total. The minimum atomic E-state index is -2.12. The number of rotatable bonds is 67. The van der Waals surface area contributed by atoms with Gasteiger partial charge >= 0.3 is 5.97 Å². The molecule has 3 aromatic rings. The molecular weight excluding hydrogens is 1920 g/mol. The third kappa shape index (κ3) is 44.2. The van der Waals surface area contributed by atoms with Gasteiger partial charge in [0.1, 0.15) is 102 Å². The number of aliphatic carboxylic acids is 1. The Labute approximate surface area is 851 Å². The van der Waals surface area contributed by atoms with E-state index in [1.165, 1.54) is 66.0 Å². The summed E-state index contributed by atoms with van der Waals surface area (Å²) in [5.74, 6) is -20.6. The molecule has 5 rings (SSSR count). The number of H-pyrrole nitrogens is 1. The van der Waals surface area contributed by atoms with Crippen molar-refractivity contribution in [2.75, 3.05) is 52.4 Å². The highest BCUT2D eigenvalue weighted by Gasteiger charge is 2.48. The number of nitrogens with two attached hydrogens (primary N) is 7. The number of hydrogen-bond donors (Lipinski definition) is 31. The van der Waals surface area contributed by atoms with Crippen molar-refractivity contribution in [2.45, 2.75) is 305 Å². The van der Waals surface area contributed by atoms with Crippen molar-refractivity contribution < 1.29 is 117 Å². The number of nitrogens with one attached hydrogen (secondary N) is 19. The molecule has 1 unspecified atom stereocenters. The molecule has 0 saturated carbocycles. The number of likely N-dealkylation sites (tertiary alicyclic amines) is 2. The van der Waals surface area contributed by atoms with E-state index in [0.717, 1.165) is 11.8 Å². The van der Waals surface area contributed by atoms with Crippen LogP contribution in [0.3, 0.4) is 0 Å². The molecule has 147 heavy (non-hydrogen) atoms. The van der Waals surface area contributed by atoms with Gasteiger partial charge in [0.2, 0.25) is 106 Å². The first-order valence-electron chi connectivity index (χ1n) is 49.4. The summed E-state index contributed by atoms with van der Waals surface area (Å²) >= 11 is 0. The number of aliphatic hydroxyl groups excluding tert-OH is 2. The number of carboxylic acid groups (broad SMARTS) is 1. The standard InChI is InChI=1S/C94H151N29O24/c1-7-74(129)107-47-75(130)109-67(41-53-23-27-56(125)28-24-53)85(140)114-63(31-32-73(98)128)83(138)111-59(17-8-11-33-95)79(134)110-60(18-9-12-34-96)81(136)117-66(40-51(4)5)84(139)115-64(21-15-37-106-94(102)103)91(146)122-38-16-22-71(122)92(147)123-48-58(127)44-72(123)89(144)119-69(43-55-46-104-49-108-55)88(143)121-77(52(6)124)90(145)120-70(45-76(131)132)87(142)112-61(19-10-13-35-97)82(137)118-68(42-54-25-29-57(126)30-26-54)86(141)113-62(20-14-36-105-93(100)101)80(135)116-65(78(99)133)39-50(2)3/h23-30,46,49-52,58-72,77,124-127H,7-22,31-45,47-48,95-97H2,1-6H3,(H2,98,128)(H2,99,133)(H,104,108)(H,107,129)(H,109,130)(H,110,134)(H,111,138)(H,112,142)(H,113,141)(H,114,140)(H,115,139)(H,116,135)(H,117,136)(H,118,137)(H,119,144)(H,120,145)(H,121,143)(H,131,132)(H4,100,101,105)(H4,102,103,106)/t52-,58?,59+,60+,61+,62+,63+,64+,65+,66+,67+,68+,69+,70+,71+,72+,77+/m1/s1. The number of unbranched alkanes of at least 4 members (excludes halogenated alkanes) is 3. The molecule has 816 valence electrons. The van der Waals surface area contributed by atoms with Crippen molar-refractivity contribution in [3.05, 3.63) is 77.9 Å². The Hall–Kier alpha value is -14.5. The number of hydrogen-bond acceptors (Lipinski definition) is 29. The summed E-state index contributed by atoms with van der Waals surface area (Å²) in [5, 5.41) is 109. The normalized spacial score (nSPS) is 16.6. The largest absolute Gasteiger partial charge is 0.508 e. The summed E-state index contributed by atoms with van der Waals surface area (Å²) in [7, 11) is 0. The number of guanidine groups is 2. The lowest BCUT2D eigenvalue weighted by atomic mass is 10.00. The van der Waals surface area contributed by atoms with E-state index in [4.69, 9.17) is 51.0 Å². The topological polar surface area (TPSA) is 883 Å². The fraction of sp³-hybridized carbons (Fsp3) is 0.617. The number of carboxylic acids is 1. The monoisotopic (exact) mass is 2070 g/mol. The molecule has 18 amide bonds. The quantitative estimate of drug-likeness (QED) is 0.0142. The van der Waals surface area contributed by atoms with Crippen molar-refractivity contribution in [1.29, 1.82) is 10.8 Å². The third-order valence-corrected chi connectivity index (χ3v) is 24.1. The maximum absolute atomic E-state index is 15.4. The van der Waals surface area contributed by atoms with Crippen LogP contribution < -0.4 is 125 Å². The Morgan fingerprint density at radius 3 is 1.29 bits per heavy atom. The van der Waals surface area contributed by atoms with Crippen LogP contribution in [0.15, 0.2) is 61.1 Å². The highest BCUT2D eigenvalue weighted by Crippen LogP contribution is 2.28. The second-order valence-corrected chi connectivity index (χ2v) is 37.3. The van der Waals surface area contributed by atoms with Gasteiger partial charge in [0.05, 0.1) is 37.2 Å². The van der Waals surface area contributed by atoms with E-state index in [9.17, 15) is 102 Å². The number of primary amides is 2. The number of aromatic hydroxyl groups is 2. The van der Waals surface area contributed by atoms with E-state index < -0.39 is 272 Å². The van der Waals surface area contributed by atoms with Crippen LogP contribution in [0.1, 0.15) is 200 Å². The number of β-amino-alcohol motifs (C(OH)–C–C–N with tert-alkyl or cyclic N) is 1. The van der Waals surface area contributed by atoms with Gasteiger partial charge in [-0.2, -0.15) is 0 Å². The van der Waals surface area contributed by atoms with Gasteiger partial charge in [0, 0.05) is 70.9 Å². The molecule has 2 aliphatic rings. The Bertz CT molecular complexity index is 4900. The zero-order chi connectivity index (χ0) is 109. The van der Waals surface area contributed by atoms with Gasteiger partial charge in [0.25, 0.3) is 0 Å². The summed E-state index contributed by atoms with van der Waals surface area (Å²) in [6, 6.07) is -12.7. The van der Waals surface area contributed by atoms with Gasteiger partial charge in [-0.15, -0.1) is 0 Å². The van der Waals surface area contributed by atoms with E-state index in [1.54, 1.807) is 34.6 Å². The van der Waals surface area contributed by atoms with Crippen LogP contribution in [0.25, 0.3) is 0 Å². The second kappa shape index (κ2) is 63.7. The van der Waals surface area contributed by atoms with Crippen molar-refractivity contribution in [3.8, 4) is 11.5 Å². The number of aromatic amines is 1. The number of phenolic OH excluding ortho intramolecular Hbond substituents is 2. The molecule has 53 heteroatoms. The van der Waals surface area contributed by atoms with E-state index in [2.05, 4.69) is 95.0 Å². The van der Waals surface area contributed by atoms with Crippen LogP contribution in [-0.2, 0) is 110 Å². The third-order valence-electron chi connectivity index (χ3n) is 24.1. The van der Waals surface area contributed by atoms with Gasteiger partial charge in [-0.3, -0.25) is 102 Å². The summed E-state index contributed by atoms with van der Waals surface area (Å²) < 4.78 is 0. The number of carbonyl (C=O) groups excluding carboxylic acids is 18. The Morgan fingerprint density at radius 2 is 0.857 bits per heavy atom. The maximum atomic E-state index is 15.4. The molecule has 0 spiro atoms. The Morgan fingerprint density at radius 1 is 0.456 bits per heavy atom. The van der Waals surface area contributed by atoms with Gasteiger partial charge < -0.3 is 166 Å². The predicted octanol–water partition coefficient (Wildman–Crippen LogP) is -7.76.